The summed E-state index contributed by atoms with van der Waals surface area (Å²) in [5.74, 6) is -4.59. The van der Waals surface area contributed by atoms with Crippen LogP contribution in [0.15, 0.2) is 24.3 Å². The molecule has 0 fully saturated rings. The highest BCUT2D eigenvalue weighted by molar-refractivity contribution is 6.33. The van der Waals surface area contributed by atoms with Gasteiger partial charge in [0.15, 0.2) is 0 Å². The fraction of sp³-hybridized carbons (Fsp3) is 0.412. The van der Waals surface area contributed by atoms with Crippen molar-refractivity contribution in [3.05, 3.63) is 34.9 Å². The minimum absolute atomic E-state index is 0.0299. The van der Waals surface area contributed by atoms with Crippen LogP contribution < -0.4 is 11.1 Å². The van der Waals surface area contributed by atoms with Gasteiger partial charge in [-0.25, -0.2) is 0 Å². The van der Waals surface area contributed by atoms with Gasteiger partial charge in [-0.15, -0.1) is 0 Å². The Kier molecular flexibility index (Phi) is 8.57. The smallest absolute Gasteiger partial charge is 0.312 e. The molecule has 9 heteroatoms. The molecule has 2 amide bonds. The van der Waals surface area contributed by atoms with Gasteiger partial charge in [0.2, 0.25) is 5.91 Å². The van der Waals surface area contributed by atoms with Gasteiger partial charge in [0.05, 0.1) is 36.1 Å². The zero-order valence-corrected chi connectivity index (χ0v) is 15.2. The standard InChI is InChI=1S/C17H21ClN2O6/c1-3-25-13(21)9-11(17(24)26-4-2)14(15(19)22)20-16(23)10-7-5-6-8-12(10)18/h5-8,11,14H,3-4,9H2,1-2H3,(H2,19,22)(H,20,23)/t11-,14+/m1/s1. The number of benzene rings is 1. The fourth-order valence-corrected chi connectivity index (χ4v) is 2.44. The lowest BCUT2D eigenvalue weighted by Gasteiger charge is -2.23. The van der Waals surface area contributed by atoms with Crippen LogP contribution in [0.3, 0.4) is 0 Å². The van der Waals surface area contributed by atoms with Crippen molar-refractivity contribution in [2.45, 2.75) is 26.3 Å². The maximum Gasteiger partial charge on any atom is 0.312 e. The summed E-state index contributed by atoms with van der Waals surface area (Å²) >= 11 is 5.96. The Morgan fingerprint density at radius 1 is 1.12 bits per heavy atom. The Labute approximate surface area is 156 Å². The lowest BCUT2D eigenvalue weighted by atomic mass is 9.95. The van der Waals surface area contributed by atoms with Gasteiger partial charge in [0, 0.05) is 0 Å². The van der Waals surface area contributed by atoms with Crippen molar-refractivity contribution in [3.63, 3.8) is 0 Å². The number of halogens is 1. The van der Waals surface area contributed by atoms with E-state index in [1.54, 1.807) is 26.0 Å². The quantitative estimate of drug-likeness (QED) is 0.613. The Hall–Kier alpha value is -2.61. The average molecular weight is 385 g/mol. The molecule has 0 aliphatic heterocycles. The molecule has 0 spiro atoms. The minimum atomic E-state index is -1.47. The summed E-state index contributed by atoms with van der Waals surface area (Å²) in [5, 5.41) is 2.51. The summed E-state index contributed by atoms with van der Waals surface area (Å²) < 4.78 is 9.70. The molecule has 0 saturated heterocycles. The third-order valence-corrected chi connectivity index (χ3v) is 3.72. The molecule has 1 aromatic rings. The molecule has 0 aliphatic rings. The van der Waals surface area contributed by atoms with Gasteiger partial charge >= 0.3 is 11.9 Å². The van der Waals surface area contributed by atoms with Crippen molar-refractivity contribution >= 4 is 35.4 Å². The second kappa shape index (κ2) is 10.4. The number of primary amides is 1. The monoisotopic (exact) mass is 384 g/mol. The van der Waals surface area contributed by atoms with Crippen LogP contribution in [-0.2, 0) is 23.9 Å². The van der Waals surface area contributed by atoms with E-state index in [9.17, 15) is 19.2 Å². The first-order valence-electron chi connectivity index (χ1n) is 7.98. The third-order valence-electron chi connectivity index (χ3n) is 3.40. The normalized spacial score (nSPS) is 12.6. The fourth-order valence-electron chi connectivity index (χ4n) is 2.22. The average Bonchev–Trinajstić information content (AvgIpc) is 2.58. The maximum absolute atomic E-state index is 12.4. The van der Waals surface area contributed by atoms with Crippen molar-refractivity contribution < 1.29 is 28.7 Å². The maximum atomic E-state index is 12.4. The SMILES string of the molecule is CCOC(=O)C[C@@H](C(=O)OCC)[C@H](NC(=O)c1ccccc1Cl)C(N)=O. The largest absolute Gasteiger partial charge is 0.466 e. The molecule has 142 valence electrons. The molecule has 0 saturated carbocycles. The lowest BCUT2D eigenvalue weighted by Crippen LogP contribution is -2.52. The number of ether oxygens (including phenoxy) is 2. The van der Waals surface area contributed by atoms with Crippen LogP contribution >= 0.6 is 11.6 Å². The first-order chi connectivity index (χ1) is 12.3. The molecule has 26 heavy (non-hydrogen) atoms. The third kappa shape index (κ3) is 6.03. The zero-order chi connectivity index (χ0) is 19.7. The van der Waals surface area contributed by atoms with Crippen molar-refractivity contribution in [2.75, 3.05) is 13.2 Å². The van der Waals surface area contributed by atoms with Crippen molar-refractivity contribution in [3.8, 4) is 0 Å². The van der Waals surface area contributed by atoms with Crippen molar-refractivity contribution in [1.82, 2.24) is 5.32 Å². The van der Waals surface area contributed by atoms with Crippen LogP contribution in [0.4, 0.5) is 0 Å². The summed E-state index contributed by atoms with van der Waals surface area (Å²) in [6.45, 7) is 3.30. The van der Waals surface area contributed by atoms with E-state index in [1.165, 1.54) is 12.1 Å². The Morgan fingerprint density at radius 2 is 1.73 bits per heavy atom. The van der Waals surface area contributed by atoms with E-state index in [1.807, 2.05) is 0 Å². The molecule has 2 atom stereocenters. The van der Waals surface area contributed by atoms with Crippen molar-refractivity contribution in [2.24, 2.45) is 11.7 Å². The van der Waals surface area contributed by atoms with Crippen LogP contribution in [0.5, 0.6) is 0 Å². The number of nitrogens with one attached hydrogen (secondary N) is 1. The van der Waals surface area contributed by atoms with Gasteiger partial charge in [0.1, 0.15) is 6.04 Å². The molecule has 0 heterocycles. The van der Waals surface area contributed by atoms with E-state index in [4.69, 9.17) is 26.8 Å². The molecule has 0 aliphatic carbocycles. The van der Waals surface area contributed by atoms with Gasteiger partial charge < -0.3 is 20.5 Å². The Balaban J connectivity index is 3.08. The van der Waals surface area contributed by atoms with Crippen LogP contribution in [-0.4, -0.2) is 43.0 Å². The number of rotatable bonds is 9. The van der Waals surface area contributed by atoms with Crippen LogP contribution in [0.1, 0.15) is 30.6 Å². The molecule has 8 nitrogen and oxygen atoms in total. The van der Waals surface area contributed by atoms with E-state index >= 15 is 0 Å². The molecule has 3 N–H and O–H groups in total. The van der Waals surface area contributed by atoms with Crippen LogP contribution in [0.25, 0.3) is 0 Å². The zero-order valence-electron chi connectivity index (χ0n) is 14.5. The van der Waals surface area contributed by atoms with E-state index in [-0.39, 0.29) is 23.8 Å². The molecular weight excluding hydrogens is 364 g/mol. The second-order valence-electron chi connectivity index (χ2n) is 5.20. The Morgan fingerprint density at radius 3 is 2.27 bits per heavy atom. The highest BCUT2D eigenvalue weighted by atomic mass is 35.5. The van der Waals surface area contributed by atoms with Gasteiger partial charge in [-0.05, 0) is 26.0 Å². The highest BCUT2D eigenvalue weighted by Gasteiger charge is 2.37. The predicted molar refractivity (Wildman–Crippen MR) is 93.3 cm³/mol. The summed E-state index contributed by atoms with van der Waals surface area (Å²) in [7, 11) is 0. The molecule has 0 radical (unpaired) electrons. The number of hydrogen-bond acceptors (Lipinski definition) is 6. The van der Waals surface area contributed by atoms with Crippen LogP contribution in [0.2, 0.25) is 5.02 Å². The van der Waals surface area contributed by atoms with Gasteiger partial charge in [0.25, 0.3) is 5.91 Å². The van der Waals surface area contributed by atoms with Crippen molar-refractivity contribution in [1.29, 1.82) is 0 Å². The summed E-state index contributed by atoms with van der Waals surface area (Å²) in [6, 6.07) is 4.69. The van der Waals surface area contributed by atoms with Gasteiger partial charge in [-0.3, -0.25) is 19.2 Å². The summed E-state index contributed by atoms with van der Waals surface area (Å²) in [4.78, 5) is 48.2. The lowest BCUT2D eigenvalue weighted by molar-refractivity contribution is -0.156. The minimum Gasteiger partial charge on any atom is -0.466 e. The van der Waals surface area contributed by atoms with Crippen LogP contribution in [0, 0.1) is 5.92 Å². The number of amides is 2. The van der Waals surface area contributed by atoms with E-state index in [0.717, 1.165) is 0 Å². The van der Waals surface area contributed by atoms with E-state index in [2.05, 4.69) is 5.32 Å². The van der Waals surface area contributed by atoms with Gasteiger partial charge in [-0.1, -0.05) is 23.7 Å². The molecule has 0 unspecified atom stereocenters. The summed E-state index contributed by atoms with van der Waals surface area (Å²) in [6.07, 6.45) is -0.469. The molecule has 0 bridgehead atoms. The second-order valence-corrected chi connectivity index (χ2v) is 5.61. The molecular formula is C17H21ClN2O6. The Bertz CT molecular complexity index is 679. The number of carbonyl (C=O) groups is 4. The first-order valence-corrected chi connectivity index (χ1v) is 8.36. The topological polar surface area (TPSA) is 125 Å². The van der Waals surface area contributed by atoms with E-state index < -0.39 is 42.1 Å². The number of hydrogen-bond donors (Lipinski definition) is 2. The van der Waals surface area contributed by atoms with Gasteiger partial charge in [-0.2, -0.15) is 0 Å². The molecule has 1 rings (SSSR count). The highest BCUT2D eigenvalue weighted by Crippen LogP contribution is 2.18. The predicted octanol–water partition coefficient (Wildman–Crippen LogP) is 1.06. The van der Waals surface area contributed by atoms with E-state index in [0.29, 0.717) is 0 Å². The number of nitrogens with two attached hydrogens (primary N) is 1. The first kappa shape index (κ1) is 21.4. The molecule has 0 aromatic heterocycles. The summed E-state index contributed by atoms with van der Waals surface area (Å²) in [5.41, 5.74) is 5.44. The number of esters is 2. The molecule has 1 aromatic carbocycles. The number of carbonyl (C=O) groups excluding carboxylic acids is 4.